The molecule has 0 unspecified atom stereocenters. The van der Waals surface area contributed by atoms with E-state index in [2.05, 4.69) is 4.98 Å². The molecule has 0 radical (unpaired) electrons. The average Bonchev–Trinajstić information content (AvgIpc) is 3.14. The largest absolute Gasteiger partial charge is 0.497 e. The molecule has 0 bridgehead atoms. The minimum Gasteiger partial charge on any atom is -0.497 e. The van der Waals surface area contributed by atoms with E-state index in [0.717, 1.165) is 21.9 Å². The molecule has 3 rings (SSSR count). The second-order valence-electron chi connectivity index (χ2n) is 5.75. The second-order valence-corrected chi connectivity index (χ2v) is 6.61. The third-order valence-corrected chi connectivity index (χ3v) is 4.92. The van der Waals surface area contributed by atoms with Gasteiger partial charge in [-0.1, -0.05) is 0 Å². The number of aromatic nitrogens is 2. The van der Waals surface area contributed by atoms with Gasteiger partial charge < -0.3 is 9.30 Å². The summed E-state index contributed by atoms with van der Waals surface area (Å²) in [6.45, 7) is 2.39. The molecular formula is C18H17F3N2OS. The molecule has 1 aromatic carbocycles. The number of halogens is 3. The van der Waals surface area contributed by atoms with Gasteiger partial charge in [0, 0.05) is 27.9 Å². The summed E-state index contributed by atoms with van der Waals surface area (Å²) in [6, 6.07) is 9.29. The Morgan fingerprint density at radius 3 is 2.44 bits per heavy atom. The zero-order valence-corrected chi connectivity index (χ0v) is 14.8. The van der Waals surface area contributed by atoms with Crippen LogP contribution in [0.3, 0.4) is 0 Å². The fourth-order valence-electron chi connectivity index (χ4n) is 2.75. The van der Waals surface area contributed by atoms with Crippen molar-refractivity contribution in [3.05, 3.63) is 47.1 Å². The van der Waals surface area contributed by atoms with Crippen molar-refractivity contribution in [3.8, 4) is 27.6 Å². The Kier molecular flexibility index (Phi) is 4.60. The van der Waals surface area contributed by atoms with Crippen molar-refractivity contribution in [1.82, 2.24) is 9.55 Å². The van der Waals surface area contributed by atoms with Crippen LogP contribution in [0.25, 0.3) is 21.8 Å². The molecule has 3 aromatic rings. The number of ether oxygens (including phenoxy) is 1. The zero-order chi connectivity index (χ0) is 18.2. The van der Waals surface area contributed by atoms with Gasteiger partial charge in [-0.25, -0.2) is 4.98 Å². The van der Waals surface area contributed by atoms with Crippen molar-refractivity contribution in [2.45, 2.75) is 26.6 Å². The van der Waals surface area contributed by atoms with Crippen LogP contribution in [0.5, 0.6) is 5.75 Å². The van der Waals surface area contributed by atoms with Crippen molar-refractivity contribution in [1.29, 1.82) is 0 Å². The summed E-state index contributed by atoms with van der Waals surface area (Å²) in [4.78, 5) is 4.60. The zero-order valence-electron chi connectivity index (χ0n) is 14.0. The van der Waals surface area contributed by atoms with Crippen LogP contribution in [0, 0.1) is 13.8 Å². The molecule has 0 aliphatic rings. The fraction of sp³-hybridized carbons (Fsp3) is 0.278. The molecule has 7 heteroatoms. The molecule has 0 saturated heterocycles. The van der Waals surface area contributed by atoms with Gasteiger partial charge in [-0.2, -0.15) is 13.2 Å². The van der Waals surface area contributed by atoms with E-state index in [-0.39, 0.29) is 0 Å². The van der Waals surface area contributed by atoms with Crippen LogP contribution in [0.1, 0.15) is 11.4 Å². The summed E-state index contributed by atoms with van der Waals surface area (Å²) in [5.41, 5.74) is 3.52. The van der Waals surface area contributed by atoms with Crippen LogP contribution in [0.15, 0.2) is 35.7 Å². The normalized spacial score (nSPS) is 11.8. The third-order valence-electron chi connectivity index (χ3n) is 4.03. The Labute approximate surface area is 147 Å². The van der Waals surface area contributed by atoms with Crippen LogP contribution < -0.4 is 4.74 Å². The van der Waals surface area contributed by atoms with Crippen molar-refractivity contribution in [2.24, 2.45) is 0 Å². The first kappa shape index (κ1) is 17.5. The highest BCUT2D eigenvalue weighted by atomic mass is 32.1. The van der Waals surface area contributed by atoms with Gasteiger partial charge in [-0.05, 0) is 44.2 Å². The number of benzene rings is 1. The molecule has 0 spiro atoms. The summed E-state index contributed by atoms with van der Waals surface area (Å²) in [7, 11) is 1.60. The van der Waals surface area contributed by atoms with Gasteiger partial charge in [0.2, 0.25) is 0 Å². The molecule has 0 saturated carbocycles. The third kappa shape index (κ3) is 3.71. The second kappa shape index (κ2) is 6.55. The lowest BCUT2D eigenvalue weighted by Crippen LogP contribution is -2.19. The van der Waals surface area contributed by atoms with E-state index in [9.17, 15) is 13.2 Å². The maximum absolute atomic E-state index is 12.8. The molecule has 0 amide bonds. The van der Waals surface area contributed by atoms with Gasteiger partial charge in [0.25, 0.3) is 0 Å². The van der Waals surface area contributed by atoms with Crippen molar-refractivity contribution in [2.75, 3.05) is 7.11 Å². The maximum Gasteiger partial charge on any atom is 0.406 e. The van der Waals surface area contributed by atoms with Gasteiger partial charge in [0.1, 0.15) is 17.3 Å². The minimum atomic E-state index is -4.25. The number of alkyl halides is 3. The number of nitrogens with zero attached hydrogens (tertiary/aromatic N) is 2. The fourth-order valence-corrected chi connectivity index (χ4v) is 3.57. The molecule has 25 heavy (non-hydrogen) atoms. The van der Waals surface area contributed by atoms with Crippen molar-refractivity contribution >= 4 is 11.3 Å². The SMILES string of the molecule is COc1ccc(-c2nc(-c3cc(C)n(CC(F)(F)F)c3C)cs2)cc1. The molecule has 0 aliphatic carbocycles. The van der Waals surface area contributed by atoms with E-state index in [1.165, 1.54) is 15.9 Å². The molecule has 0 atom stereocenters. The first-order chi connectivity index (χ1) is 11.8. The molecule has 3 nitrogen and oxygen atoms in total. The highest BCUT2D eigenvalue weighted by molar-refractivity contribution is 7.13. The number of hydrogen-bond donors (Lipinski definition) is 0. The molecule has 0 N–H and O–H groups in total. The lowest BCUT2D eigenvalue weighted by molar-refractivity contribution is -0.141. The van der Waals surface area contributed by atoms with Crippen molar-refractivity contribution in [3.63, 3.8) is 0 Å². The lowest BCUT2D eigenvalue weighted by atomic mass is 10.2. The Morgan fingerprint density at radius 1 is 1.16 bits per heavy atom. The number of rotatable bonds is 4. The maximum atomic E-state index is 12.8. The topological polar surface area (TPSA) is 27.1 Å². The van der Waals surface area contributed by atoms with Crippen molar-refractivity contribution < 1.29 is 17.9 Å². The average molecular weight is 366 g/mol. The molecule has 0 fully saturated rings. The molecule has 2 aromatic heterocycles. The van der Waals surface area contributed by atoms with Gasteiger partial charge >= 0.3 is 6.18 Å². The van der Waals surface area contributed by atoms with Crippen LogP contribution in [0.2, 0.25) is 0 Å². The molecular weight excluding hydrogens is 349 g/mol. The first-order valence-corrected chi connectivity index (χ1v) is 8.50. The summed E-state index contributed by atoms with van der Waals surface area (Å²) in [5, 5.41) is 2.69. The Morgan fingerprint density at radius 2 is 1.84 bits per heavy atom. The van der Waals surface area contributed by atoms with E-state index in [1.807, 2.05) is 29.6 Å². The van der Waals surface area contributed by atoms with Gasteiger partial charge in [-0.3, -0.25) is 0 Å². The summed E-state index contributed by atoms with van der Waals surface area (Å²) < 4.78 is 44.7. The lowest BCUT2D eigenvalue weighted by Gasteiger charge is -2.12. The standard InChI is InChI=1S/C18H17F3N2OS/c1-11-8-15(12(2)23(11)10-18(19,20)21)16-9-25-17(22-16)13-4-6-14(24-3)7-5-13/h4-9H,10H2,1-3H3. The van der Waals surface area contributed by atoms with Gasteiger partial charge in [0.05, 0.1) is 12.8 Å². The number of methoxy groups -OCH3 is 1. The molecule has 2 heterocycles. The number of thiazole rings is 1. The summed E-state index contributed by atoms with van der Waals surface area (Å²) >= 11 is 1.46. The molecule has 0 aliphatic heterocycles. The number of aryl methyl sites for hydroxylation is 1. The van der Waals surface area contributed by atoms with Crippen LogP contribution in [0.4, 0.5) is 13.2 Å². The smallest absolute Gasteiger partial charge is 0.406 e. The Bertz CT molecular complexity index is 879. The van der Waals surface area contributed by atoms with Gasteiger partial charge in [0.15, 0.2) is 0 Å². The predicted octanol–water partition coefficient (Wildman–Crippen LogP) is 5.47. The van der Waals surface area contributed by atoms with E-state index in [4.69, 9.17) is 4.74 Å². The first-order valence-electron chi connectivity index (χ1n) is 7.62. The monoisotopic (exact) mass is 366 g/mol. The van der Waals surface area contributed by atoms with E-state index in [1.54, 1.807) is 27.0 Å². The van der Waals surface area contributed by atoms with E-state index >= 15 is 0 Å². The highest BCUT2D eigenvalue weighted by Crippen LogP contribution is 2.33. The molecule has 132 valence electrons. The summed E-state index contributed by atoms with van der Waals surface area (Å²) in [5.74, 6) is 0.760. The van der Waals surface area contributed by atoms with E-state index < -0.39 is 12.7 Å². The van der Waals surface area contributed by atoms with Gasteiger partial charge in [-0.15, -0.1) is 11.3 Å². The highest BCUT2D eigenvalue weighted by Gasteiger charge is 2.30. The number of hydrogen-bond acceptors (Lipinski definition) is 3. The Balaban J connectivity index is 1.93. The van der Waals surface area contributed by atoms with Crippen LogP contribution in [-0.4, -0.2) is 22.8 Å². The van der Waals surface area contributed by atoms with Crippen LogP contribution >= 0.6 is 11.3 Å². The minimum absolute atomic E-state index is 0.571. The quantitative estimate of drug-likeness (QED) is 0.612. The van der Waals surface area contributed by atoms with Crippen LogP contribution in [-0.2, 0) is 6.54 Å². The summed E-state index contributed by atoms with van der Waals surface area (Å²) in [6.07, 6.45) is -4.25. The van der Waals surface area contributed by atoms with E-state index in [0.29, 0.717) is 17.1 Å². The Hall–Kier alpha value is -2.28. The predicted molar refractivity (Wildman–Crippen MR) is 93.1 cm³/mol.